The molecule has 0 radical (unpaired) electrons. The highest BCUT2D eigenvalue weighted by Crippen LogP contribution is 2.22. The fraction of sp³-hybridized carbons (Fsp3) is 0.526. The number of benzene rings is 1. The third-order valence-corrected chi connectivity index (χ3v) is 5.28. The number of amides is 2. The van der Waals surface area contributed by atoms with E-state index in [1.54, 1.807) is 18.2 Å². The van der Waals surface area contributed by atoms with Gasteiger partial charge in [0.1, 0.15) is 0 Å². The number of carboxylic acids is 1. The van der Waals surface area contributed by atoms with E-state index in [2.05, 4.69) is 4.90 Å². The molecule has 0 aromatic heterocycles. The van der Waals surface area contributed by atoms with E-state index in [1.165, 1.54) is 0 Å². The van der Waals surface area contributed by atoms with Crippen molar-refractivity contribution < 1.29 is 19.5 Å². The van der Waals surface area contributed by atoms with Crippen LogP contribution >= 0.6 is 0 Å². The van der Waals surface area contributed by atoms with E-state index in [0.717, 1.165) is 25.1 Å². The fourth-order valence-electron chi connectivity index (χ4n) is 3.90. The van der Waals surface area contributed by atoms with Gasteiger partial charge in [-0.25, -0.2) is 4.79 Å². The largest absolute Gasteiger partial charge is 0.478 e. The lowest BCUT2D eigenvalue weighted by Crippen LogP contribution is -2.53. The maximum absolute atomic E-state index is 12.9. The first-order valence-corrected chi connectivity index (χ1v) is 9.32. The summed E-state index contributed by atoms with van der Waals surface area (Å²) in [6.45, 7) is 4.17. The summed E-state index contributed by atoms with van der Waals surface area (Å²) in [7, 11) is 0. The predicted molar refractivity (Wildman–Crippen MR) is 101 cm³/mol. The average Bonchev–Trinajstić information content (AvgIpc) is 2.67. The molecule has 1 atom stereocenters. The minimum Gasteiger partial charge on any atom is -0.478 e. The van der Waals surface area contributed by atoms with Gasteiger partial charge in [0, 0.05) is 38.4 Å². The average molecular weight is 374 g/mol. The lowest BCUT2D eigenvalue weighted by atomic mass is 9.96. The van der Waals surface area contributed by atoms with Crippen LogP contribution in [0.25, 0.3) is 0 Å². The summed E-state index contributed by atoms with van der Waals surface area (Å²) >= 11 is 0. The molecule has 8 nitrogen and oxygen atoms in total. The molecule has 2 fully saturated rings. The molecule has 2 saturated heterocycles. The Labute approximate surface area is 158 Å². The number of rotatable bonds is 5. The van der Waals surface area contributed by atoms with E-state index in [-0.39, 0.29) is 29.8 Å². The first kappa shape index (κ1) is 19.2. The molecule has 2 amide bonds. The molecule has 2 aliphatic heterocycles. The van der Waals surface area contributed by atoms with Gasteiger partial charge in [-0.15, -0.1) is 0 Å². The Bertz CT molecular complexity index is 715. The van der Waals surface area contributed by atoms with Gasteiger partial charge in [-0.1, -0.05) is 6.07 Å². The fourth-order valence-corrected chi connectivity index (χ4v) is 3.90. The van der Waals surface area contributed by atoms with Crippen LogP contribution in [0.15, 0.2) is 24.3 Å². The van der Waals surface area contributed by atoms with Crippen LogP contribution < -0.4 is 10.6 Å². The summed E-state index contributed by atoms with van der Waals surface area (Å²) in [5, 5.41) is 9.14. The molecule has 2 aliphatic rings. The molecule has 1 unspecified atom stereocenters. The monoisotopic (exact) mass is 374 g/mol. The van der Waals surface area contributed by atoms with Crippen molar-refractivity contribution in [3.63, 3.8) is 0 Å². The van der Waals surface area contributed by atoms with Crippen LogP contribution in [-0.4, -0.2) is 78.5 Å². The van der Waals surface area contributed by atoms with Crippen LogP contribution in [0.5, 0.6) is 0 Å². The highest BCUT2D eigenvalue weighted by Gasteiger charge is 2.31. The smallest absolute Gasteiger partial charge is 0.335 e. The van der Waals surface area contributed by atoms with Gasteiger partial charge in [0.2, 0.25) is 11.8 Å². The lowest BCUT2D eigenvalue weighted by Gasteiger charge is -2.39. The van der Waals surface area contributed by atoms with Gasteiger partial charge in [-0.3, -0.25) is 14.5 Å². The van der Waals surface area contributed by atoms with Gasteiger partial charge < -0.3 is 20.6 Å². The van der Waals surface area contributed by atoms with Crippen LogP contribution in [0.4, 0.5) is 5.69 Å². The van der Waals surface area contributed by atoms with Crippen molar-refractivity contribution in [3.05, 3.63) is 29.8 Å². The van der Waals surface area contributed by atoms with Crippen molar-refractivity contribution in [1.82, 2.24) is 9.80 Å². The maximum Gasteiger partial charge on any atom is 0.335 e. The molecule has 8 heteroatoms. The van der Waals surface area contributed by atoms with Gasteiger partial charge >= 0.3 is 5.97 Å². The zero-order valence-electron chi connectivity index (χ0n) is 15.3. The molecule has 0 bridgehead atoms. The van der Waals surface area contributed by atoms with E-state index in [0.29, 0.717) is 32.7 Å². The van der Waals surface area contributed by atoms with Crippen LogP contribution in [-0.2, 0) is 9.59 Å². The Balaban J connectivity index is 1.55. The van der Waals surface area contributed by atoms with Crippen molar-refractivity contribution in [2.75, 3.05) is 50.7 Å². The lowest BCUT2D eigenvalue weighted by molar-refractivity contribution is -0.138. The molecular formula is C19H26N4O4. The number of aromatic carboxylic acids is 1. The molecule has 1 aromatic rings. The van der Waals surface area contributed by atoms with Crippen LogP contribution in [0, 0.1) is 5.92 Å². The second-order valence-corrected chi connectivity index (χ2v) is 7.21. The van der Waals surface area contributed by atoms with E-state index in [4.69, 9.17) is 10.8 Å². The molecule has 2 heterocycles. The Hall–Kier alpha value is -2.61. The standard InChI is InChI=1S/C19H26N4O4/c20-17(24)13-21-6-2-4-15(12-21)18(25)23-9-7-22(8-10-23)16-5-1-3-14(11-16)19(26)27/h1,3,5,11,15H,2,4,6-10,12-13H2,(H2,20,24)(H,26,27). The van der Waals surface area contributed by atoms with Gasteiger partial charge in [0.15, 0.2) is 0 Å². The number of carbonyl (C=O) groups excluding carboxylic acids is 2. The van der Waals surface area contributed by atoms with E-state index in [1.807, 2.05) is 15.9 Å². The van der Waals surface area contributed by atoms with Crippen molar-refractivity contribution in [3.8, 4) is 0 Å². The molecule has 0 saturated carbocycles. The summed E-state index contributed by atoms with van der Waals surface area (Å²) in [5.41, 5.74) is 6.40. The zero-order valence-corrected chi connectivity index (χ0v) is 15.3. The molecule has 0 spiro atoms. The van der Waals surface area contributed by atoms with Crippen molar-refractivity contribution in [2.24, 2.45) is 11.7 Å². The summed E-state index contributed by atoms with van der Waals surface area (Å²) in [6, 6.07) is 6.88. The van der Waals surface area contributed by atoms with Crippen LogP contribution in [0.3, 0.4) is 0 Å². The number of piperazine rings is 1. The molecular weight excluding hydrogens is 348 g/mol. The van der Waals surface area contributed by atoms with Gasteiger partial charge in [-0.05, 0) is 37.6 Å². The topological polar surface area (TPSA) is 107 Å². The number of hydrogen-bond acceptors (Lipinski definition) is 5. The molecule has 27 heavy (non-hydrogen) atoms. The maximum atomic E-state index is 12.9. The normalized spacial score (nSPS) is 21.1. The van der Waals surface area contributed by atoms with Crippen molar-refractivity contribution in [2.45, 2.75) is 12.8 Å². The minimum atomic E-state index is -0.941. The van der Waals surface area contributed by atoms with Gasteiger partial charge in [-0.2, -0.15) is 0 Å². The number of piperidine rings is 1. The van der Waals surface area contributed by atoms with Crippen molar-refractivity contribution >= 4 is 23.5 Å². The summed E-state index contributed by atoms with van der Waals surface area (Å²) in [5.74, 6) is -1.24. The first-order chi connectivity index (χ1) is 12.9. The Morgan fingerprint density at radius 3 is 2.52 bits per heavy atom. The second kappa shape index (κ2) is 8.39. The molecule has 0 aliphatic carbocycles. The summed E-state index contributed by atoms with van der Waals surface area (Å²) < 4.78 is 0. The van der Waals surface area contributed by atoms with Gasteiger partial charge in [0.05, 0.1) is 18.0 Å². The number of anilines is 1. The second-order valence-electron chi connectivity index (χ2n) is 7.21. The van der Waals surface area contributed by atoms with Crippen molar-refractivity contribution in [1.29, 1.82) is 0 Å². The third-order valence-electron chi connectivity index (χ3n) is 5.28. The number of nitrogens with two attached hydrogens (primary N) is 1. The molecule has 3 N–H and O–H groups in total. The number of carbonyl (C=O) groups is 3. The number of primary amides is 1. The molecule has 1 aromatic carbocycles. The zero-order chi connectivity index (χ0) is 19.4. The SMILES string of the molecule is NC(=O)CN1CCCC(C(=O)N2CCN(c3cccc(C(=O)O)c3)CC2)C1. The third kappa shape index (κ3) is 4.77. The van der Waals surface area contributed by atoms with E-state index >= 15 is 0 Å². The number of carboxylic acid groups (broad SMARTS) is 1. The highest BCUT2D eigenvalue weighted by molar-refractivity contribution is 5.88. The molecule has 146 valence electrons. The Kier molecular flexibility index (Phi) is 5.95. The first-order valence-electron chi connectivity index (χ1n) is 9.32. The number of likely N-dealkylation sites (tertiary alicyclic amines) is 1. The predicted octanol–water partition coefficient (Wildman–Crippen LogP) is 0.231. The Morgan fingerprint density at radius 1 is 1.11 bits per heavy atom. The number of nitrogens with zero attached hydrogens (tertiary/aromatic N) is 3. The van der Waals surface area contributed by atoms with E-state index in [9.17, 15) is 14.4 Å². The quantitative estimate of drug-likeness (QED) is 0.764. The van der Waals surface area contributed by atoms with E-state index < -0.39 is 5.97 Å². The minimum absolute atomic E-state index is 0.0833. The van der Waals surface area contributed by atoms with Crippen LogP contribution in [0.1, 0.15) is 23.2 Å². The summed E-state index contributed by atoms with van der Waals surface area (Å²) in [6.07, 6.45) is 1.74. The van der Waals surface area contributed by atoms with Gasteiger partial charge in [0.25, 0.3) is 0 Å². The van der Waals surface area contributed by atoms with Crippen LogP contribution in [0.2, 0.25) is 0 Å². The summed E-state index contributed by atoms with van der Waals surface area (Å²) in [4.78, 5) is 41.1. The Morgan fingerprint density at radius 2 is 1.85 bits per heavy atom. The highest BCUT2D eigenvalue weighted by atomic mass is 16.4. The number of hydrogen-bond donors (Lipinski definition) is 2. The molecule has 3 rings (SSSR count).